The molecule has 0 saturated carbocycles. The van der Waals surface area contributed by atoms with Gasteiger partial charge < -0.3 is 4.98 Å². The van der Waals surface area contributed by atoms with Crippen LogP contribution in [0.5, 0.6) is 0 Å². The number of benzene rings is 1. The van der Waals surface area contributed by atoms with Gasteiger partial charge in [-0.3, -0.25) is 0 Å². The minimum Gasteiger partial charge on any atom is -0.351 e. The molecular weight excluding hydrogens is 275 g/mol. The number of H-pyrrole nitrogens is 1. The molecule has 3 rings (SSSR count). The highest BCUT2D eigenvalue weighted by Gasteiger charge is 2.08. The van der Waals surface area contributed by atoms with Gasteiger partial charge in [-0.1, -0.05) is 23.7 Å². The fourth-order valence-electron chi connectivity index (χ4n) is 1.78. The van der Waals surface area contributed by atoms with E-state index in [1.54, 1.807) is 6.20 Å². The van der Waals surface area contributed by atoms with Gasteiger partial charge >= 0.3 is 0 Å². The lowest BCUT2D eigenvalue weighted by atomic mass is 10.2. The second-order valence-corrected chi connectivity index (χ2v) is 4.52. The molecule has 0 unspecified atom stereocenters. The van der Waals surface area contributed by atoms with Crippen LogP contribution in [-0.4, -0.2) is 9.97 Å². The molecule has 2 heterocycles. The van der Waals surface area contributed by atoms with E-state index in [1.807, 2.05) is 18.2 Å². The molecule has 0 fully saturated rings. The molecule has 74 valence electrons. The Morgan fingerprint density at radius 2 is 1.93 bits per heavy atom. The average molecular weight is 282 g/mol. The van der Waals surface area contributed by atoms with Crippen LogP contribution >= 0.6 is 27.5 Å². The van der Waals surface area contributed by atoms with Crippen LogP contribution in [0.4, 0.5) is 0 Å². The summed E-state index contributed by atoms with van der Waals surface area (Å²) in [5.74, 6) is 0. The number of rotatable bonds is 0. The van der Waals surface area contributed by atoms with E-state index in [4.69, 9.17) is 11.6 Å². The molecule has 0 spiro atoms. The number of aromatic nitrogens is 2. The van der Waals surface area contributed by atoms with Crippen molar-refractivity contribution in [1.82, 2.24) is 9.97 Å². The minimum atomic E-state index is 0.510. The number of fused-ring (bicyclic) bond motifs is 3. The summed E-state index contributed by atoms with van der Waals surface area (Å²) in [4.78, 5) is 7.32. The fraction of sp³-hybridized carbons (Fsp3) is 0. The summed E-state index contributed by atoms with van der Waals surface area (Å²) < 4.78 is 1.03. The molecule has 0 aliphatic carbocycles. The van der Waals surface area contributed by atoms with Crippen LogP contribution in [0.3, 0.4) is 0 Å². The quantitative estimate of drug-likeness (QED) is 0.617. The molecular formula is C11H6BrClN2. The molecule has 15 heavy (non-hydrogen) atoms. The van der Waals surface area contributed by atoms with Gasteiger partial charge in [0.2, 0.25) is 0 Å². The number of halogens is 2. The van der Waals surface area contributed by atoms with E-state index in [-0.39, 0.29) is 0 Å². The molecule has 0 amide bonds. The fourth-order valence-corrected chi connectivity index (χ4v) is 2.45. The van der Waals surface area contributed by atoms with E-state index in [9.17, 15) is 0 Å². The van der Waals surface area contributed by atoms with Crippen LogP contribution in [0.15, 0.2) is 34.9 Å². The second kappa shape index (κ2) is 3.22. The summed E-state index contributed by atoms with van der Waals surface area (Å²) in [5, 5.41) is 2.77. The Morgan fingerprint density at radius 1 is 1.13 bits per heavy atom. The second-order valence-electron chi connectivity index (χ2n) is 3.31. The molecule has 0 saturated heterocycles. The molecule has 0 radical (unpaired) electrons. The summed E-state index contributed by atoms with van der Waals surface area (Å²) in [7, 11) is 0. The van der Waals surface area contributed by atoms with E-state index >= 15 is 0 Å². The molecule has 1 N–H and O–H groups in total. The standard InChI is InChI=1S/C11H6BrClN2/c12-8-3-1-2-6-7-4-5-14-11(13)10(7)15-9(6)8/h1-5,15H. The first kappa shape index (κ1) is 9.19. The lowest BCUT2D eigenvalue weighted by Crippen LogP contribution is -1.74. The van der Waals surface area contributed by atoms with Crippen LogP contribution in [0.2, 0.25) is 5.15 Å². The number of para-hydroxylation sites is 1. The Labute approximate surface area is 99.4 Å². The Bertz CT molecular complexity index is 604. The van der Waals surface area contributed by atoms with Crippen molar-refractivity contribution in [1.29, 1.82) is 0 Å². The van der Waals surface area contributed by atoms with Gasteiger partial charge in [0.05, 0.1) is 11.0 Å². The average Bonchev–Trinajstić information content (AvgIpc) is 2.60. The van der Waals surface area contributed by atoms with Crippen molar-refractivity contribution in [2.45, 2.75) is 0 Å². The maximum absolute atomic E-state index is 6.02. The van der Waals surface area contributed by atoms with Crippen molar-refractivity contribution in [2.75, 3.05) is 0 Å². The van der Waals surface area contributed by atoms with Crippen LogP contribution in [0, 0.1) is 0 Å². The van der Waals surface area contributed by atoms with Crippen molar-refractivity contribution in [3.8, 4) is 0 Å². The van der Waals surface area contributed by atoms with Crippen molar-refractivity contribution in [3.05, 3.63) is 40.1 Å². The largest absolute Gasteiger partial charge is 0.351 e. The molecule has 1 aromatic carbocycles. The Hall–Kier alpha value is -1.06. The van der Waals surface area contributed by atoms with E-state index in [0.29, 0.717) is 5.15 Å². The zero-order valence-corrected chi connectivity index (χ0v) is 9.93. The third-order valence-corrected chi connectivity index (χ3v) is 3.41. The first-order valence-electron chi connectivity index (χ1n) is 4.48. The number of hydrogen-bond donors (Lipinski definition) is 1. The van der Waals surface area contributed by atoms with E-state index in [1.165, 1.54) is 0 Å². The smallest absolute Gasteiger partial charge is 0.153 e. The number of pyridine rings is 1. The number of aromatic amines is 1. The Balaban J connectivity index is 2.63. The molecule has 0 bridgehead atoms. The van der Waals surface area contributed by atoms with Crippen LogP contribution in [0.1, 0.15) is 0 Å². The normalized spacial score (nSPS) is 11.3. The summed E-state index contributed by atoms with van der Waals surface area (Å²) in [6, 6.07) is 8.04. The third kappa shape index (κ3) is 1.27. The van der Waals surface area contributed by atoms with E-state index in [2.05, 4.69) is 32.0 Å². The van der Waals surface area contributed by atoms with Gasteiger partial charge in [0.1, 0.15) is 0 Å². The lowest BCUT2D eigenvalue weighted by molar-refractivity contribution is 1.35. The SMILES string of the molecule is Clc1nccc2c1[nH]c1c(Br)cccc12. The number of nitrogens with zero attached hydrogens (tertiary/aromatic N) is 1. The van der Waals surface area contributed by atoms with Gasteiger partial charge in [-0.15, -0.1) is 0 Å². The molecule has 3 aromatic rings. The van der Waals surface area contributed by atoms with Gasteiger partial charge in [0.25, 0.3) is 0 Å². The van der Waals surface area contributed by atoms with Crippen molar-refractivity contribution >= 4 is 49.3 Å². The van der Waals surface area contributed by atoms with Crippen LogP contribution in [-0.2, 0) is 0 Å². The van der Waals surface area contributed by atoms with Crippen molar-refractivity contribution < 1.29 is 0 Å². The van der Waals surface area contributed by atoms with E-state index < -0.39 is 0 Å². The molecule has 4 heteroatoms. The Morgan fingerprint density at radius 3 is 2.80 bits per heavy atom. The zero-order valence-electron chi connectivity index (χ0n) is 7.59. The monoisotopic (exact) mass is 280 g/mol. The zero-order chi connectivity index (χ0) is 10.4. The van der Waals surface area contributed by atoms with Gasteiger partial charge in [-0.25, -0.2) is 4.98 Å². The Kier molecular flexibility index (Phi) is 1.97. The summed E-state index contributed by atoms with van der Waals surface area (Å²) in [5.41, 5.74) is 1.95. The first-order chi connectivity index (χ1) is 7.27. The van der Waals surface area contributed by atoms with Gasteiger partial charge in [-0.2, -0.15) is 0 Å². The van der Waals surface area contributed by atoms with Gasteiger partial charge in [0.15, 0.2) is 5.15 Å². The number of hydrogen-bond acceptors (Lipinski definition) is 1. The van der Waals surface area contributed by atoms with Crippen molar-refractivity contribution in [2.24, 2.45) is 0 Å². The van der Waals surface area contributed by atoms with Crippen LogP contribution < -0.4 is 0 Å². The predicted molar refractivity (Wildman–Crippen MR) is 66.3 cm³/mol. The highest BCUT2D eigenvalue weighted by Crippen LogP contribution is 2.32. The number of nitrogens with one attached hydrogen (secondary N) is 1. The summed E-state index contributed by atoms with van der Waals surface area (Å²) in [6.07, 6.45) is 1.72. The first-order valence-corrected chi connectivity index (χ1v) is 5.65. The minimum absolute atomic E-state index is 0.510. The summed E-state index contributed by atoms with van der Waals surface area (Å²) in [6.45, 7) is 0. The molecule has 2 aromatic heterocycles. The van der Waals surface area contributed by atoms with Gasteiger partial charge in [-0.05, 0) is 28.1 Å². The highest BCUT2D eigenvalue weighted by molar-refractivity contribution is 9.10. The topological polar surface area (TPSA) is 28.7 Å². The lowest BCUT2D eigenvalue weighted by Gasteiger charge is -1.92. The molecule has 0 atom stereocenters. The van der Waals surface area contributed by atoms with Crippen molar-refractivity contribution in [3.63, 3.8) is 0 Å². The van der Waals surface area contributed by atoms with Crippen LogP contribution in [0.25, 0.3) is 21.8 Å². The van der Waals surface area contributed by atoms with Gasteiger partial charge in [0, 0.05) is 21.4 Å². The molecule has 0 aliphatic heterocycles. The molecule has 0 aliphatic rings. The van der Waals surface area contributed by atoms with E-state index in [0.717, 1.165) is 26.3 Å². The summed E-state index contributed by atoms with van der Waals surface area (Å²) >= 11 is 9.53. The third-order valence-electron chi connectivity index (χ3n) is 2.46. The maximum atomic E-state index is 6.02. The maximum Gasteiger partial charge on any atom is 0.153 e. The molecule has 2 nitrogen and oxygen atoms in total. The highest BCUT2D eigenvalue weighted by atomic mass is 79.9. The predicted octanol–water partition coefficient (Wildman–Crippen LogP) is 4.13.